The van der Waals surface area contributed by atoms with Gasteiger partial charge in [0, 0.05) is 54.3 Å². The molecule has 166 valence electrons. The number of rotatable bonds is 6. The summed E-state index contributed by atoms with van der Waals surface area (Å²) in [7, 11) is 0. The number of nitrogens with zero attached hydrogens (tertiary/aromatic N) is 2. The zero-order valence-corrected chi connectivity index (χ0v) is 18.9. The molecule has 0 spiro atoms. The Balaban J connectivity index is 1.29. The Morgan fingerprint density at radius 2 is 1.84 bits per heavy atom. The van der Waals surface area contributed by atoms with E-state index in [0.717, 1.165) is 49.0 Å². The molecule has 2 heterocycles. The fraction of sp³-hybridized carbons (Fsp3) is 0.407. The van der Waals surface area contributed by atoms with Crippen molar-refractivity contribution in [3.05, 3.63) is 60.3 Å². The first-order chi connectivity index (χ1) is 15.5. The zero-order valence-electron chi connectivity index (χ0n) is 18.9. The van der Waals surface area contributed by atoms with Crippen LogP contribution in [0.3, 0.4) is 0 Å². The van der Waals surface area contributed by atoms with Crippen LogP contribution < -0.4 is 0 Å². The summed E-state index contributed by atoms with van der Waals surface area (Å²) in [6.07, 6.45) is 5.03. The Kier molecular flexibility index (Phi) is 5.50. The molecule has 1 atom stereocenters. The maximum absolute atomic E-state index is 13.4. The molecule has 1 N–H and O–H groups in total. The van der Waals surface area contributed by atoms with Crippen LogP contribution in [0.5, 0.6) is 0 Å². The highest BCUT2D eigenvalue weighted by Crippen LogP contribution is 2.33. The van der Waals surface area contributed by atoms with Gasteiger partial charge in [0.15, 0.2) is 0 Å². The lowest BCUT2D eigenvalue weighted by atomic mass is 10.00. The molecule has 0 unspecified atom stereocenters. The lowest BCUT2D eigenvalue weighted by Gasteiger charge is -2.30. The van der Waals surface area contributed by atoms with Gasteiger partial charge in [0.2, 0.25) is 5.91 Å². The largest absolute Gasteiger partial charge is 0.361 e. The van der Waals surface area contributed by atoms with Crippen LogP contribution in [-0.4, -0.2) is 52.3 Å². The van der Waals surface area contributed by atoms with Crippen molar-refractivity contribution in [2.75, 3.05) is 19.6 Å². The Bertz CT molecular complexity index is 1130. The second-order valence-corrected chi connectivity index (χ2v) is 9.59. The number of H-pyrrole nitrogens is 1. The van der Waals surface area contributed by atoms with E-state index >= 15 is 0 Å². The Morgan fingerprint density at radius 1 is 1.06 bits per heavy atom. The van der Waals surface area contributed by atoms with E-state index in [0.29, 0.717) is 23.9 Å². The van der Waals surface area contributed by atoms with Gasteiger partial charge in [-0.2, -0.15) is 0 Å². The van der Waals surface area contributed by atoms with Crippen molar-refractivity contribution in [2.45, 2.75) is 39.2 Å². The number of hydrogen-bond acceptors (Lipinski definition) is 2. The number of carbonyl (C=O) groups excluding carboxylic acids is 2. The Hall–Kier alpha value is -3.08. The van der Waals surface area contributed by atoms with E-state index in [2.05, 4.69) is 37.0 Å². The average molecular weight is 430 g/mol. The average Bonchev–Trinajstić information content (AvgIpc) is 3.35. The summed E-state index contributed by atoms with van der Waals surface area (Å²) in [5.74, 6) is 1.02. The molecule has 5 nitrogen and oxygen atoms in total. The number of fused-ring (bicyclic) bond motifs is 1. The number of benzene rings is 2. The topological polar surface area (TPSA) is 56.4 Å². The molecule has 32 heavy (non-hydrogen) atoms. The molecule has 1 aliphatic carbocycles. The minimum absolute atomic E-state index is 0.0679. The zero-order chi connectivity index (χ0) is 22.2. The van der Waals surface area contributed by atoms with Crippen LogP contribution in [0, 0.1) is 11.8 Å². The van der Waals surface area contributed by atoms with Crippen LogP contribution in [0.4, 0.5) is 0 Å². The SMILES string of the molecule is CC(C)N(C[C@@H]1CCN(C(=O)C2CC2)C1)C(=O)c1ccc(-c2cccc3[nH]ccc23)cc1. The van der Waals surface area contributed by atoms with Gasteiger partial charge in [-0.3, -0.25) is 9.59 Å². The van der Waals surface area contributed by atoms with Gasteiger partial charge in [0.25, 0.3) is 5.91 Å². The van der Waals surface area contributed by atoms with Crippen molar-refractivity contribution >= 4 is 22.7 Å². The first-order valence-corrected chi connectivity index (χ1v) is 11.8. The lowest BCUT2D eigenvalue weighted by Crippen LogP contribution is -2.41. The number of nitrogens with one attached hydrogen (secondary N) is 1. The van der Waals surface area contributed by atoms with Crippen molar-refractivity contribution < 1.29 is 9.59 Å². The van der Waals surface area contributed by atoms with Crippen molar-refractivity contribution in [1.82, 2.24) is 14.8 Å². The fourth-order valence-electron chi connectivity index (χ4n) is 4.87. The van der Waals surface area contributed by atoms with Gasteiger partial charge in [-0.15, -0.1) is 0 Å². The molecule has 0 bridgehead atoms. The van der Waals surface area contributed by atoms with Gasteiger partial charge >= 0.3 is 0 Å². The molecule has 2 aliphatic rings. The monoisotopic (exact) mass is 429 g/mol. The third-order valence-corrected chi connectivity index (χ3v) is 6.90. The van der Waals surface area contributed by atoms with Crippen molar-refractivity contribution in [2.24, 2.45) is 11.8 Å². The molecule has 2 fully saturated rings. The molecule has 1 aliphatic heterocycles. The molecule has 5 rings (SSSR count). The van der Waals surface area contributed by atoms with Gasteiger partial charge in [-0.1, -0.05) is 24.3 Å². The summed E-state index contributed by atoms with van der Waals surface area (Å²) in [5.41, 5.74) is 4.09. The molecule has 1 aromatic heterocycles. The van der Waals surface area contributed by atoms with Gasteiger partial charge in [-0.05, 0) is 74.4 Å². The van der Waals surface area contributed by atoms with E-state index in [1.54, 1.807) is 0 Å². The number of likely N-dealkylation sites (tertiary alicyclic amines) is 1. The Labute approximate surface area is 189 Å². The van der Waals surface area contributed by atoms with Crippen molar-refractivity contribution in [3.63, 3.8) is 0 Å². The van der Waals surface area contributed by atoms with E-state index in [4.69, 9.17) is 0 Å². The molecular weight excluding hydrogens is 398 g/mol. The van der Waals surface area contributed by atoms with Crippen LogP contribution in [0.1, 0.15) is 43.5 Å². The molecule has 2 aromatic carbocycles. The highest BCUT2D eigenvalue weighted by molar-refractivity contribution is 5.97. The van der Waals surface area contributed by atoms with E-state index in [1.165, 1.54) is 5.39 Å². The summed E-state index contributed by atoms with van der Waals surface area (Å²) in [4.78, 5) is 33.0. The minimum atomic E-state index is 0.0679. The predicted octanol–water partition coefficient (Wildman–Crippen LogP) is 4.94. The predicted molar refractivity (Wildman–Crippen MR) is 127 cm³/mol. The minimum Gasteiger partial charge on any atom is -0.361 e. The highest BCUT2D eigenvalue weighted by Gasteiger charge is 2.37. The molecule has 3 aromatic rings. The van der Waals surface area contributed by atoms with E-state index in [1.807, 2.05) is 46.3 Å². The summed E-state index contributed by atoms with van der Waals surface area (Å²) in [5, 5.41) is 1.18. The third-order valence-electron chi connectivity index (χ3n) is 6.90. The van der Waals surface area contributed by atoms with Gasteiger partial charge in [0.1, 0.15) is 0 Å². The number of aromatic nitrogens is 1. The maximum Gasteiger partial charge on any atom is 0.254 e. The van der Waals surface area contributed by atoms with Gasteiger partial charge in [0.05, 0.1) is 0 Å². The van der Waals surface area contributed by atoms with Crippen LogP contribution in [-0.2, 0) is 4.79 Å². The highest BCUT2D eigenvalue weighted by atomic mass is 16.2. The number of hydrogen-bond donors (Lipinski definition) is 1. The van der Waals surface area contributed by atoms with Crippen LogP contribution >= 0.6 is 0 Å². The van der Waals surface area contributed by atoms with Gasteiger partial charge < -0.3 is 14.8 Å². The second-order valence-electron chi connectivity index (χ2n) is 9.59. The van der Waals surface area contributed by atoms with Gasteiger partial charge in [-0.25, -0.2) is 0 Å². The summed E-state index contributed by atoms with van der Waals surface area (Å²) in [6, 6.07) is 16.4. The van der Waals surface area contributed by atoms with Crippen LogP contribution in [0.25, 0.3) is 22.0 Å². The fourth-order valence-corrected chi connectivity index (χ4v) is 4.87. The summed E-state index contributed by atoms with van der Waals surface area (Å²) >= 11 is 0. The first kappa shape index (κ1) is 20.8. The molecular formula is C27H31N3O2. The number of aromatic amines is 1. The lowest BCUT2D eigenvalue weighted by molar-refractivity contribution is -0.131. The first-order valence-electron chi connectivity index (χ1n) is 11.8. The molecule has 1 saturated heterocycles. The standard InChI is InChI=1S/C27H31N3O2/c1-18(2)30(17-19-13-15-29(16-19)26(31)21-10-11-21)27(32)22-8-6-20(7-9-22)23-4-3-5-25-24(23)12-14-28-25/h3-9,12,14,18-19,21,28H,10-11,13,15-17H2,1-2H3/t19-/m1/s1. The van der Waals surface area contributed by atoms with Crippen molar-refractivity contribution in [3.8, 4) is 11.1 Å². The molecule has 2 amide bonds. The normalized spacial score (nSPS) is 18.5. The summed E-state index contributed by atoms with van der Waals surface area (Å²) in [6.45, 7) is 6.46. The van der Waals surface area contributed by atoms with E-state index in [9.17, 15) is 9.59 Å². The van der Waals surface area contributed by atoms with Crippen LogP contribution in [0.2, 0.25) is 0 Å². The van der Waals surface area contributed by atoms with Crippen LogP contribution in [0.15, 0.2) is 54.7 Å². The third kappa shape index (κ3) is 4.04. The van der Waals surface area contributed by atoms with E-state index in [-0.39, 0.29) is 17.9 Å². The molecule has 5 heteroatoms. The van der Waals surface area contributed by atoms with Crippen molar-refractivity contribution in [1.29, 1.82) is 0 Å². The number of amides is 2. The maximum atomic E-state index is 13.4. The molecule has 0 radical (unpaired) electrons. The number of carbonyl (C=O) groups is 2. The molecule has 1 saturated carbocycles. The summed E-state index contributed by atoms with van der Waals surface area (Å²) < 4.78 is 0. The smallest absolute Gasteiger partial charge is 0.254 e. The second kappa shape index (κ2) is 8.45. The van der Waals surface area contributed by atoms with E-state index < -0.39 is 0 Å². The Morgan fingerprint density at radius 3 is 2.56 bits per heavy atom. The quantitative estimate of drug-likeness (QED) is 0.603.